The maximum Gasteiger partial charge on any atom is 0.319 e. The Bertz CT molecular complexity index is 1020. The molecule has 1 atom stereocenters. The van der Waals surface area contributed by atoms with Gasteiger partial charge in [0.2, 0.25) is 12.7 Å². The van der Waals surface area contributed by atoms with Crippen LogP contribution in [0.5, 0.6) is 17.2 Å². The van der Waals surface area contributed by atoms with Gasteiger partial charge in [-0.3, -0.25) is 9.69 Å². The van der Waals surface area contributed by atoms with Crippen molar-refractivity contribution in [1.29, 1.82) is 0 Å². The van der Waals surface area contributed by atoms with Gasteiger partial charge in [0.15, 0.2) is 11.5 Å². The van der Waals surface area contributed by atoms with Crippen molar-refractivity contribution < 1.29 is 23.8 Å². The standard InChI is InChI=1S/C26H34N4O5/c1-4-33-21-8-6-20(7-9-21)27-26(32)28-24(18(2)3)25(31)30-13-11-29(12-14-30)16-19-5-10-22-23(15-19)35-17-34-22/h5-10,15,18,24H,4,11-14,16-17H2,1-3H3,(H2,27,28,32). The molecule has 2 aromatic rings. The molecule has 0 aromatic heterocycles. The molecular weight excluding hydrogens is 448 g/mol. The normalized spacial score (nSPS) is 16.2. The molecular formula is C26H34N4O5. The molecule has 2 heterocycles. The molecule has 1 unspecified atom stereocenters. The zero-order valence-electron chi connectivity index (χ0n) is 20.6. The third kappa shape index (κ3) is 6.36. The number of piperazine rings is 1. The third-order valence-corrected chi connectivity index (χ3v) is 6.17. The Balaban J connectivity index is 1.27. The minimum absolute atomic E-state index is 0.0414. The summed E-state index contributed by atoms with van der Waals surface area (Å²) in [5.41, 5.74) is 1.79. The van der Waals surface area contributed by atoms with Gasteiger partial charge in [-0.25, -0.2) is 4.79 Å². The third-order valence-electron chi connectivity index (χ3n) is 6.17. The van der Waals surface area contributed by atoms with Gasteiger partial charge < -0.3 is 29.7 Å². The van der Waals surface area contributed by atoms with E-state index in [1.54, 1.807) is 24.3 Å². The average Bonchev–Trinajstić information content (AvgIpc) is 3.32. The number of nitrogens with one attached hydrogen (secondary N) is 2. The Hall–Kier alpha value is -3.46. The number of hydrogen-bond donors (Lipinski definition) is 2. The SMILES string of the molecule is CCOc1ccc(NC(=O)NC(C(=O)N2CCN(Cc3ccc4c(c3)OCO4)CC2)C(C)C)cc1. The van der Waals surface area contributed by atoms with Gasteiger partial charge >= 0.3 is 6.03 Å². The molecule has 0 aliphatic carbocycles. The van der Waals surface area contributed by atoms with E-state index in [2.05, 4.69) is 15.5 Å². The number of anilines is 1. The van der Waals surface area contributed by atoms with Crippen LogP contribution in [0.25, 0.3) is 0 Å². The lowest BCUT2D eigenvalue weighted by Gasteiger charge is -2.37. The number of carbonyl (C=O) groups is 2. The number of amides is 3. The highest BCUT2D eigenvalue weighted by Gasteiger charge is 2.31. The second kappa shape index (κ2) is 11.3. The second-order valence-corrected chi connectivity index (χ2v) is 9.07. The van der Waals surface area contributed by atoms with Crippen LogP contribution in [0.4, 0.5) is 10.5 Å². The number of urea groups is 1. The van der Waals surface area contributed by atoms with Gasteiger partial charge in [0.25, 0.3) is 0 Å². The summed E-state index contributed by atoms with van der Waals surface area (Å²) < 4.78 is 16.3. The molecule has 0 saturated carbocycles. The number of carbonyl (C=O) groups excluding carboxylic acids is 2. The fraction of sp³-hybridized carbons (Fsp3) is 0.462. The number of ether oxygens (including phenoxy) is 3. The van der Waals surface area contributed by atoms with Gasteiger partial charge in [0.1, 0.15) is 11.8 Å². The Labute approximate surface area is 206 Å². The van der Waals surface area contributed by atoms with Crippen molar-refractivity contribution in [3.8, 4) is 17.2 Å². The van der Waals surface area contributed by atoms with Crippen LogP contribution in [-0.4, -0.2) is 67.4 Å². The van der Waals surface area contributed by atoms with E-state index < -0.39 is 12.1 Å². The van der Waals surface area contributed by atoms with Crippen molar-refractivity contribution in [2.75, 3.05) is 44.9 Å². The van der Waals surface area contributed by atoms with E-state index in [0.29, 0.717) is 25.4 Å². The molecule has 2 aliphatic rings. The molecule has 35 heavy (non-hydrogen) atoms. The average molecular weight is 483 g/mol. The zero-order valence-corrected chi connectivity index (χ0v) is 20.6. The topological polar surface area (TPSA) is 92.4 Å². The monoisotopic (exact) mass is 482 g/mol. The maximum absolute atomic E-state index is 13.3. The van der Waals surface area contributed by atoms with Crippen molar-refractivity contribution in [3.63, 3.8) is 0 Å². The van der Waals surface area contributed by atoms with Crippen LogP contribution in [0.15, 0.2) is 42.5 Å². The summed E-state index contributed by atoms with van der Waals surface area (Å²) in [4.78, 5) is 30.0. The summed E-state index contributed by atoms with van der Waals surface area (Å²) in [7, 11) is 0. The summed E-state index contributed by atoms with van der Waals surface area (Å²) in [6, 6.07) is 12.1. The van der Waals surface area contributed by atoms with E-state index in [1.165, 1.54) is 0 Å². The highest BCUT2D eigenvalue weighted by Crippen LogP contribution is 2.32. The molecule has 0 bridgehead atoms. The number of benzene rings is 2. The van der Waals surface area contributed by atoms with Crippen LogP contribution in [0, 0.1) is 5.92 Å². The largest absolute Gasteiger partial charge is 0.494 e. The molecule has 1 fully saturated rings. The van der Waals surface area contributed by atoms with Gasteiger partial charge in [-0.05, 0) is 54.8 Å². The predicted molar refractivity (Wildman–Crippen MR) is 133 cm³/mol. The van der Waals surface area contributed by atoms with Crippen molar-refractivity contribution in [2.24, 2.45) is 5.92 Å². The molecule has 9 nitrogen and oxygen atoms in total. The lowest BCUT2D eigenvalue weighted by Crippen LogP contribution is -2.56. The fourth-order valence-corrected chi connectivity index (χ4v) is 4.24. The summed E-state index contributed by atoms with van der Waals surface area (Å²) in [6.07, 6.45) is 0. The van der Waals surface area contributed by atoms with Crippen LogP contribution < -0.4 is 24.8 Å². The molecule has 1 saturated heterocycles. The first-order valence-electron chi connectivity index (χ1n) is 12.1. The van der Waals surface area contributed by atoms with Gasteiger partial charge in [0.05, 0.1) is 6.61 Å². The lowest BCUT2D eigenvalue weighted by atomic mass is 10.0. The van der Waals surface area contributed by atoms with Gasteiger partial charge in [-0.15, -0.1) is 0 Å². The molecule has 2 N–H and O–H groups in total. The summed E-state index contributed by atoms with van der Waals surface area (Å²) in [5, 5.41) is 5.67. The molecule has 2 aliphatic heterocycles. The van der Waals surface area contributed by atoms with Crippen molar-refractivity contribution in [2.45, 2.75) is 33.4 Å². The van der Waals surface area contributed by atoms with Gasteiger partial charge in [-0.1, -0.05) is 19.9 Å². The summed E-state index contributed by atoms with van der Waals surface area (Å²) in [5.74, 6) is 2.21. The molecule has 9 heteroatoms. The van der Waals surface area contributed by atoms with Crippen molar-refractivity contribution in [1.82, 2.24) is 15.1 Å². The van der Waals surface area contributed by atoms with Crippen molar-refractivity contribution >= 4 is 17.6 Å². The van der Waals surface area contributed by atoms with E-state index in [-0.39, 0.29) is 18.6 Å². The minimum Gasteiger partial charge on any atom is -0.494 e. The molecule has 188 valence electrons. The highest BCUT2D eigenvalue weighted by atomic mass is 16.7. The van der Waals surface area contributed by atoms with E-state index in [1.807, 2.05) is 43.9 Å². The van der Waals surface area contributed by atoms with Crippen LogP contribution in [-0.2, 0) is 11.3 Å². The first-order valence-corrected chi connectivity index (χ1v) is 12.1. The quantitative estimate of drug-likeness (QED) is 0.600. The number of rotatable bonds is 8. The Morgan fingerprint density at radius 1 is 1.00 bits per heavy atom. The Morgan fingerprint density at radius 2 is 1.71 bits per heavy atom. The van der Waals surface area contributed by atoms with E-state index >= 15 is 0 Å². The highest BCUT2D eigenvalue weighted by molar-refractivity contribution is 5.94. The smallest absolute Gasteiger partial charge is 0.319 e. The van der Waals surface area contributed by atoms with E-state index in [4.69, 9.17) is 14.2 Å². The van der Waals surface area contributed by atoms with Crippen LogP contribution in [0.1, 0.15) is 26.3 Å². The van der Waals surface area contributed by atoms with E-state index in [0.717, 1.165) is 42.4 Å². The maximum atomic E-state index is 13.3. The molecule has 0 radical (unpaired) electrons. The molecule has 4 rings (SSSR count). The number of fused-ring (bicyclic) bond motifs is 1. The molecule has 0 spiro atoms. The lowest BCUT2D eigenvalue weighted by molar-refractivity contribution is -0.136. The van der Waals surface area contributed by atoms with E-state index in [9.17, 15) is 9.59 Å². The minimum atomic E-state index is -0.599. The zero-order chi connectivity index (χ0) is 24.8. The van der Waals surface area contributed by atoms with Crippen LogP contribution in [0.3, 0.4) is 0 Å². The van der Waals surface area contributed by atoms with Gasteiger partial charge in [-0.2, -0.15) is 0 Å². The summed E-state index contributed by atoms with van der Waals surface area (Å²) >= 11 is 0. The second-order valence-electron chi connectivity index (χ2n) is 9.07. The van der Waals surface area contributed by atoms with Crippen LogP contribution in [0.2, 0.25) is 0 Å². The Kier molecular flexibility index (Phi) is 7.97. The predicted octanol–water partition coefficient (Wildman–Crippen LogP) is 3.30. The Morgan fingerprint density at radius 3 is 2.40 bits per heavy atom. The number of hydrogen-bond acceptors (Lipinski definition) is 6. The van der Waals surface area contributed by atoms with Gasteiger partial charge in [0, 0.05) is 38.4 Å². The fourth-order valence-electron chi connectivity index (χ4n) is 4.24. The van der Waals surface area contributed by atoms with Crippen LogP contribution >= 0.6 is 0 Å². The molecule has 2 aromatic carbocycles. The summed E-state index contributed by atoms with van der Waals surface area (Å²) in [6.45, 7) is 10.2. The first-order chi connectivity index (χ1) is 16.9. The number of nitrogens with zero attached hydrogens (tertiary/aromatic N) is 2. The first kappa shape index (κ1) is 24.7. The van der Waals surface area contributed by atoms with Crippen molar-refractivity contribution in [3.05, 3.63) is 48.0 Å². The molecule has 3 amide bonds.